The van der Waals surface area contributed by atoms with Gasteiger partial charge in [0.15, 0.2) is 0 Å². The number of carbonyl (C=O) groups is 1. The first-order valence-electron chi connectivity index (χ1n) is 5.14. The Labute approximate surface area is 90.9 Å². The van der Waals surface area contributed by atoms with Crippen molar-refractivity contribution < 1.29 is 4.79 Å². The molecule has 82 valence electrons. The van der Waals surface area contributed by atoms with Crippen LogP contribution in [0, 0.1) is 6.92 Å². The van der Waals surface area contributed by atoms with E-state index in [9.17, 15) is 4.79 Å². The van der Waals surface area contributed by atoms with Gasteiger partial charge in [0.2, 0.25) is 5.91 Å². The zero-order valence-corrected chi connectivity index (χ0v) is 9.50. The number of aryl methyl sites for hydroxylation is 1. The summed E-state index contributed by atoms with van der Waals surface area (Å²) in [4.78, 5) is 11.4. The van der Waals surface area contributed by atoms with Gasteiger partial charge >= 0.3 is 0 Å². The van der Waals surface area contributed by atoms with Crippen molar-refractivity contribution >= 4 is 5.91 Å². The second kappa shape index (κ2) is 5.51. The third-order valence-electron chi connectivity index (χ3n) is 2.37. The van der Waals surface area contributed by atoms with Crippen molar-refractivity contribution in [2.75, 3.05) is 13.6 Å². The fourth-order valence-corrected chi connectivity index (χ4v) is 1.60. The first-order chi connectivity index (χ1) is 7.15. The Morgan fingerprint density at radius 2 is 2.07 bits per heavy atom. The number of carbonyl (C=O) groups excluding carboxylic acids is 1. The monoisotopic (exact) mass is 206 g/mol. The number of likely N-dealkylation sites (N-methyl/N-ethyl adjacent to an activating group) is 1. The van der Waals surface area contributed by atoms with E-state index in [1.165, 1.54) is 11.1 Å². The predicted octanol–water partition coefficient (Wildman–Crippen LogP) is 1.39. The molecular formula is C12H18N2O. The van der Waals surface area contributed by atoms with Gasteiger partial charge in [0.1, 0.15) is 0 Å². The number of hydrogen-bond acceptors (Lipinski definition) is 2. The third kappa shape index (κ3) is 3.36. The van der Waals surface area contributed by atoms with Gasteiger partial charge < -0.3 is 10.6 Å². The Morgan fingerprint density at radius 1 is 1.40 bits per heavy atom. The third-order valence-corrected chi connectivity index (χ3v) is 2.37. The van der Waals surface area contributed by atoms with Crippen LogP contribution in [0.1, 0.15) is 24.1 Å². The molecule has 0 heterocycles. The zero-order valence-electron chi connectivity index (χ0n) is 9.50. The summed E-state index contributed by atoms with van der Waals surface area (Å²) in [7, 11) is 1.76. The maximum Gasteiger partial charge on any atom is 0.234 e. The van der Waals surface area contributed by atoms with E-state index in [2.05, 4.69) is 23.6 Å². The van der Waals surface area contributed by atoms with Gasteiger partial charge in [-0.15, -0.1) is 0 Å². The number of hydrogen-bond donors (Lipinski definition) is 2. The average Bonchev–Trinajstić information content (AvgIpc) is 2.18. The molecule has 1 amide bonds. The average molecular weight is 206 g/mol. The van der Waals surface area contributed by atoms with Crippen LogP contribution in [-0.2, 0) is 4.79 Å². The maximum absolute atomic E-state index is 11.4. The van der Waals surface area contributed by atoms with E-state index in [0.29, 0.717) is 6.54 Å². The Balaban J connectivity index is 2.65. The normalized spacial score (nSPS) is 12.2. The lowest BCUT2D eigenvalue weighted by Crippen LogP contribution is -2.34. The number of rotatable bonds is 4. The van der Waals surface area contributed by atoms with Crippen molar-refractivity contribution in [3.8, 4) is 0 Å². The Bertz CT molecular complexity index is 336. The highest BCUT2D eigenvalue weighted by Crippen LogP contribution is 2.16. The molecule has 1 atom stereocenters. The molecule has 2 N–H and O–H groups in total. The molecule has 15 heavy (non-hydrogen) atoms. The molecule has 0 radical (unpaired) electrons. The summed E-state index contributed by atoms with van der Waals surface area (Å²) < 4.78 is 0. The van der Waals surface area contributed by atoms with E-state index in [1.54, 1.807) is 7.05 Å². The topological polar surface area (TPSA) is 41.1 Å². The van der Waals surface area contributed by atoms with Crippen molar-refractivity contribution in [2.45, 2.75) is 19.9 Å². The molecule has 0 fully saturated rings. The lowest BCUT2D eigenvalue weighted by molar-refractivity contribution is -0.120. The Kier molecular flexibility index (Phi) is 4.31. The second-order valence-corrected chi connectivity index (χ2v) is 3.68. The summed E-state index contributed by atoms with van der Waals surface area (Å²) in [5.74, 6) is 0.0215. The van der Waals surface area contributed by atoms with Gasteiger partial charge in [-0.1, -0.05) is 24.3 Å². The molecule has 0 saturated heterocycles. The highest BCUT2D eigenvalue weighted by atomic mass is 16.1. The van der Waals surface area contributed by atoms with E-state index in [1.807, 2.05) is 25.1 Å². The van der Waals surface area contributed by atoms with Gasteiger partial charge in [0.25, 0.3) is 0 Å². The van der Waals surface area contributed by atoms with Crippen LogP contribution >= 0.6 is 0 Å². The minimum atomic E-state index is 0.0215. The quantitative estimate of drug-likeness (QED) is 0.781. The van der Waals surface area contributed by atoms with Crippen molar-refractivity contribution in [2.24, 2.45) is 0 Å². The van der Waals surface area contributed by atoms with E-state index >= 15 is 0 Å². The van der Waals surface area contributed by atoms with E-state index in [-0.39, 0.29) is 11.9 Å². The zero-order chi connectivity index (χ0) is 11.3. The molecule has 0 bridgehead atoms. The van der Waals surface area contributed by atoms with Crippen LogP contribution in [-0.4, -0.2) is 19.5 Å². The van der Waals surface area contributed by atoms with Crippen LogP contribution in [0.25, 0.3) is 0 Å². The van der Waals surface area contributed by atoms with E-state index < -0.39 is 0 Å². The van der Waals surface area contributed by atoms with Gasteiger partial charge in [-0.2, -0.15) is 0 Å². The first-order valence-corrected chi connectivity index (χ1v) is 5.14. The summed E-state index contributed by atoms with van der Waals surface area (Å²) in [6.45, 7) is 4.40. The minimum Gasteiger partial charge on any atom is -0.348 e. The molecule has 1 aromatic carbocycles. The molecule has 0 spiro atoms. The molecule has 1 rings (SSSR count). The highest BCUT2D eigenvalue weighted by molar-refractivity contribution is 5.78. The Hall–Kier alpha value is -1.35. The second-order valence-electron chi connectivity index (χ2n) is 3.68. The fourth-order valence-electron chi connectivity index (χ4n) is 1.60. The molecular weight excluding hydrogens is 188 g/mol. The van der Waals surface area contributed by atoms with Gasteiger partial charge in [-0.3, -0.25) is 4.79 Å². The molecule has 0 saturated carbocycles. The maximum atomic E-state index is 11.4. The molecule has 3 heteroatoms. The molecule has 0 aliphatic rings. The molecule has 3 nitrogen and oxygen atoms in total. The van der Waals surface area contributed by atoms with Crippen molar-refractivity contribution in [1.82, 2.24) is 10.6 Å². The van der Waals surface area contributed by atoms with Crippen LogP contribution in [0.15, 0.2) is 24.3 Å². The molecule has 0 aromatic heterocycles. The largest absolute Gasteiger partial charge is 0.348 e. The van der Waals surface area contributed by atoms with E-state index in [0.717, 1.165) is 0 Å². The van der Waals surface area contributed by atoms with Crippen molar-refractivity contribution in [1.29, 1.82) is 0 Å². The summed E-state index contributed by atoms with van der Waals surface area (Å²) in [5.41, 5.74) is 2.37. The summed E-state index contributed by atoms with van der Waals surface area (Å²) in [6.07, 6.45) is 0. The number of benzene rings is 1. The van der Waals surface area contributed by atoms with Crippen molar-refractivity contribution in [3.63, 3.8) is 0 Å². The standard InChI is InChI=1S/C12H18N2O/c1-9-6-4-5-7-11(9)10(2)14-12(15)8-13-3/h4-7,10,13H,8H2,1-3H3,(H,14,15)/t10-/m0/s1. The van der Waals surface area contributed by atoms with Crippen LogP contribution in [0.5, 0.6) is 0 Å². The van der Waals surface area contributed by atoms with Crippen LogP contribution in [0.4, 0.5) is 0 Å². The minimum absolute atomic E-state index is 0.0215. The summed E-state index contributed by atoms with van der Waals surface area (Å²) in [6, 6.07) is 8.15. The van der Waals surface area contributed by atoms with Gasteiger partial charge in [-0.05, 0) is 32.0 Å². The summed E-state index contributed by atoms with van der Waals surface area (Å²) in [5, 5.41) is 5.76. The SMILES string of the molecule is CNCC(=O)N[C@@H](C)c1ccccc1C. The van der Waals surface area contributed by atoms with Crippen LogP contribution < -0.4 is 10.6 Å². The number of amides is 1. The van der Waals surface area contributed by atoms with Crippen LogP contribution in [0.3, 0.4) is 0 Å². The predicted molar refractivity (Wildman–Crippen MR) is 61.7 cm³/mol. The lowest BCUT2D eigenvalue weighted by atomic mass is 10.0. The first kappa shape index (κ1) is 11.7. The van der Waals surface area contributed by atoms with Gasteiger partial charge in [0, 0.05) is 0 Å². The lowest BCUT2D eigenvalue weighted by Gasteiger charge is -2.16. The highest BCUT2D eigenvalue weighted by Gasteiger charge is 2.09. The van der Waals surface area contributed by atoms with Crippen molar-refractivity contribution in [3.05, 3.63) is 35.4 Å². The molecule has 1 aromatic rings. The van der Waals surface area contributed by atoms with Gasteiger partial charge in [-0.25, -0.2) is 0 Å². The van der Waals surface area contributed by atoms with Gasteiger partial charge in [0.05, 0.1) is 12.6 Å². The molecule has 0 unspecified atom stereocenters. The molecule has 0 aliphatic carbocycles. The smallest absolute Gasteiger partial charge is 0.234 e. The summed E-state index contributed by atoms with van der Waals surface area (Å²) >= 11 is 0. The fraction of sp³-hybridized carbons (Fsp3) is 0.417. The Morgan fingerprint density at radius 3 is 2.67 bits per heavy atom. The van der Waals surface area contributed by atoms with Crippen LogP contribution in [0.2, 0.25) is 0 Å². The van der Waals surface area contributed by atoms with E-state index in [4.69, 9.17) is 0 Å². The number of nitrogens with one attached hydrogen (secondary N) is 2. The molecule has 0 aliphatic heterocycles.